The van der Waals surface area contributed by atoms with Gasteiger partial charge in [0.25, 0.3) is 5.91 Å². The van der Waals surface area contributed by atoms with Crippen LogP contribution in [0.1, 0.15) is 21.5 Å². The summed E-state index contributed by atoms with van der Waals surface area (Å²) >= 11 is 0. The lowest BCUT2D eigenvalue weighted by atomic mass is 10.1. The number of nitrogens with two attached hydrogens (primary N) is 1. The van der Waals surface area contributed by atoms with Crippen LogP contribution in [0.2, 0.25) is 0 Å². The van der Waals surface area contributed by atoms with E-state index in [1.807, 2.05) is 30.3 Å². The van der Waals surface area contributed by atoms with Gasteiger partial charge in [-0.25, -0.2) is 4.68 Å². The van der Waals surface area contributed by atoms with Crippen LogP contribution in [0.4, 0.5) is 5.82 Å². The molecule has 0 aliphatic carbocycles. The first-order valence-electron chi connectivity index (χ1n) is 7.87. The summed E-state index contributed by atoms with van der Waals surface area (Å²) in [4.78, 5) is 12.3. The number of amides is 1. The number of ether oxygens (including phenoxy) is 1. The van der Waals surface area contributed by atoms with Crippen LogP contribution in [-0.4, -0.2) is 22.8 Å². The zero-order valence-corrected chi connectivity index (χ0v) is 14.1. The lowest BCUT2D eigenvalue weighted by molar-refractivity contribution is 0.0951. The van der Waals surface area contributed by atoms with E-state index in [1.54, 1.807) is 31.4 Å². The van der Waals surface area contributed by atoms with Gasteiger partial charge in [0.1, 0.15) is 23.2 Å². The number of carbonyl (C=O) groups is 1. The quantitative estimate of drug-likeness (QED) is 0.736. The van der Waals surface area contributed by atoms with Gasteiger partial charge in [-0.3, -0.25) is 4.79 Å². The molecule has 2 aromatic carbocycles. The molecule has 3 N–H and O–H groups in total. The summed E-state index contributed by atoms with van der Waals surface area (Å²) < 4.78 is 6.62. The normalized spacial score (nSPS) is 10.2. The number of aromatic nitrogens is 2. The number of hydrogen-bond donors (Lipinski definition) is 2. The van der Waals surface area contributed by atoms with E-state index in [2.05, 4.69) is 10.4 Å². The second-order valence-corrected chi connectivity index (χ2v) is 5.55. The third-order valence-corrected chi connectivity index (χ3v) is 3.89. The lowest BCUT2D eigenvalue weighted by Gasteiger charge is -2.08. The van der Waals surface area contributed by atoms with Crippen LogP contribution >= 0.6 is 0 Å². The molecule has 7 nitrogen and oxygen atoms in total. The molecule has 0 saturated heterocycles. The number of carbonyl (C=O) groups excluding carboxylic acids is 1. The topological polar surface area (TPSA) is 106 Å². The Kier molecular flexibility index (Phi) is 4.85. The zero-order valence-electron chi connectivity index (χ0n) is 14.1. The second kappa shape index (κ2) is 7.40. The first kappa shape index (κ1) is 17.0. The minimum Gasteiger partial charge on any atom is -0.497 e. The maximum atomic E-state index is 12.3. The molecule has 130 valence electrons. The average molecular weight is 347 g/mol. The molecule has 26 heavy (non-hydrogen) atoms. The summed E-state index contributed by atoms with van der Waals surface area (Å²) in [6.45, 7) is 0.398. The minimum absolute atomic E-state index is 0.189. The van der Waals surface area contributed by atoms with Crippen molar-refractivity contribution in [2.75, 3.05) is 12.8 Å². The molecule has 1 amide bonds. The smallest absolute Gasteiger partial charge is 0.251 e. The van der Waals surface area contributed by atoms with Crippen molar-refractivity contribution in [1.29, 1.82) is 5.26 Å². The SMILES string of the molecule is COc1cccc(CNC(=O)c2ccc(-n3ncc(C#N)c3N)cc2)c1. The fourth-order valence-electron chi connectivity index (χ4n) is 2.47. The molecule has 0 atom stereocenters. The van der Waals surface area contributed by atoms with Crippen molar-refractivity contribution in [3.63, 3.8) is 0 Å². The van der Waals surface area contributed by atoms with Crippen LogP contribution in [0.25, 0.3) is 5.69 Å². The average Bonchev–Trinajstić information content (AvgIpc) is 3.07. The van der Waals surface area contributed by atoms with Gasteiger partial charge in [0.2, 0.25) is 0 Å². The van der Waals surface area contributed by atoms with Crippen molar-refractivity contribution in [2.45, 2.75) is 6.54 Å². The standard InChI is InChI=1S/C19H17N5O2/c1-26-17-4-2-3-13(9-17)11-22-19(25)14-5-7-16(8-6-14)24-18(21)15(10-20)12-23-24/h2-9,12H,11,21H2,1H3,(H,22,25). The Balaban J connectivity index is 1.68. The number of hydrogen-bond acceptors (Lipinski definition) is 5. The largest absolute Gasteiger partial charge is 0.497 e. The van der Waals surface area contributed by atoms with Gasteiger partial charge in [-0.2, -0.15) is 10.4 Å². The number of anilines is 1. The molecule has 0 spiro atoms. The van der Waals surface area contributed by atoms with E-state index in [9.17, 15) is 4.79 Å². The molecule has 1 aromatic heterocycles. The van der Waals surface area contributed by atoms with Crippen LogP contribution in [0, 0.1) is 11.3 Å². The number of nitrogens with one attached hydrogen (secondary N) is 1. The molecule has 0 saturated carbocycles. The molecular weight excluding hydrogens is 330 g/mol. The maximum Gasteiger partial charge on any atom is 0.251 e. The molecule has 0 aliphatic heterocycles. The molecule has 0 bridgehead atoms. The van der Waals surface area contributed by atoms with E-state index in [4.69, 9.17) is 15.7 Å². The zero-order chi connectivity index (χ0) is 18.5. The summed E-state index contributed by atoms with van der Waals surface area (Å²) in [6, 6.07) is 16.3. The van der Waals surface area contributed by atoms with Gasteiger partial charge in [0, 0.05) is 12.1 Å². The summed E-state index contributed by atoms with van der Waals surface area (Å²) in [5.74, 6) is 0.822. The molecule has 3 rings (SSSR count). The van der Waals surface area contributed by atoms with Crippen LogP contribution in [0.15, 0.2) is 54.7 Å². The van der Waals surface area contributed by atoms with Crippen molar-refractivity contribution in [1.82, 2.24) is 15.1 Å². The highest BCUT2D eigenvalue weighted by Gasteiger charge is 2.10. The predicted octanol–water partition coefficient (Wildman–Crippen LogP) is 2.26. The van der Waals surface area contributed by atoms with Crippen LogP contribution < -0.4 is 15.8 Å². The molecule has 3 aromatic rings. The third-order valence-electron chi connectivity index (χ3n) is 3.89. The highest BCUT2D eigenvalue weighted by Crippen LogP contribution is 2.17. The van der Waals surface area contributed by atoms with Crippen molar-refractivity contribution in [3.05, 3.63) is 71.4 Å². The molecular formula is C19H17N5O2. The number of nitriles is 1. The first-order chi connectivity index (χ1) is 12.6. The van der Waals surface area contributed by atoms with Gasteiger partial charge in [0.05, 0.1) is 19.0 Å². The number of nitrogens with zero attached hydrogens (tertiary/aromatic N) is 3. The fraction of sp³-hybridized carbons (Fsp3) is 0.105. The second-order valence-electron chi connectivity index (χ2n) is 5.55. The van der Waals surface area contributed by atoms with E-state index in [0.717, 1.165) is 11.3 Å². The Morgan fingerprint density at radius 3 is 2.73 bits per heavy atom. The van der Waals surface area contributed by atoms with Gasteiger partial charge in [-0.15, -0.1) is 0 Å². The minimum atomic E-state index is -0.189. The molecule has 0 fully saturated rings. The Morgan fingerprint density at radius 2 is 2.08 bits per heavy atom. The Bertz CT molecular complexity index is 970. The van der Waals surface area contributed by atoms with E-state index in [-0.39, 0.29) is 11.7 Å². The number of rotatable bonds is 5. The third kappa shape index (κ3) is 3.49. The van der Waals surface area contributed by atoms with Gasteiger partial charge >= 0.3 is 0 Å². The molecule has 0 aliphatic rings. The van der Waals surface area contributed by atoms with Gasteiger partial charge in [-0.05, 0) is 42.0 Å². The summed E-state index contributed by atoms with van der Waals surface area (Å²) in [5.41, 5.74) is 8.32. The van der Waals surface area contributed by atoms with E-state index in [0.29, 0.717) is 23.4 Å². The summed E-state index contributed by atoms with van der Waals surface area (Å²) in [5, 5.41) is 15.9. The van der Waals surface area contributed by atoms with Crippen molar-refractivity contribution in [2.24, 2.45) is 0 Å². The van der Waals surface area contributed by atoms with Crippen molar-refractivity contribution >= 4 is 11.7 Å². The molecule has 0 unspecified atom stereocenters. The Morgan fingerprint density at radius 1 is 1.31 bits per heavy atom. The van der Waals surface area contributed by atoms with Gasteiger partial charge in [-0.1, -0.05) is 12.1 Å². The van der Waals surface area contributed by atoms with E-state index >= 15 is 0 Å². The number of benzene rings is 2. The summed E-state index contributed by atoms with van der Waals surface area (Å²) in [7, 11) is 1.60. The molecule has 1 heterocycles. The van der Waals surface area contributed by atoms with Crippen LogP contribution in [-0.2, 0) is 6.54 Å². The van der Waals surface area contributed by atoms with Crippen molar-refractivity contribution in [3.8, 4) is 17.5 Å². The predicted molar refractivity (Wildman–Crippen MR) is 96.9 cm³/mol. The van der Waals surface area contributed by atoms with Crippen LogP contribution in [0.3, 0.4) is 0 Å². The Hall–Kier alpha value is -3.79. The Labute approximate surface area is 150 Å². The molecule has 0 radical (unpaired) electrons. The highest BCUT2D eigenvalue weighted by molar-refractivity contribution is 5.94. The first-order valence-corrected chi connectivity index (χ1v) is 7.87. The summed E-state index contributed by atoms with van der Waals surface area (Å²) in [6.07, 6.45) is 1.41. The highest BCUT2D eigenvalue weighted by atomic mass is 16.5. The van der Waals surface area contributed by atoms with E-state index in [1.165, 1.54) is 10.9 Å². The number of methoxy groups -OCH3 is 1. The van der Waals surface area contributed by atoms with Gasteiger partial charge in [0.15, 0.2) is 0 Å². The van der Waals surface area contributed by atoms with Crippen LogP contribution in [0.5, 0.6) is 5.75 Å². The monoisotopic (exact) mass is 347 g/mol. The van der Waals surface area contributed by atoms with Crippen molar-refractivity contribution < 1.29 is 9.53 Å². The van der Waals surface area contributed by atoms with Gasteiger partial charge < -0.3 is 15.8 Å². The number of nitrogen functional groups attached to an aromatic ring is 1. The maximum absolute atomic E-state index is 12.3. The van der Waals surface area contributed by atoms with E-state index < -0.39 is 0 Å². The lowest BCUT2D eigenvalue weighted by Crippen LogP contribution is -2.22. The fourth-order valence-corrected chi connectivity index (χ4v) is 2.47. The molecule has 7 heteroatoms.